The van der Waals surface area contributed by atoms with E-state index in [9.17, 15) is 10.1 Å². The number of nitro groups is 1. The summed E-state index contributed by atoms with van der Waals surface area (Å²) in [6.45, 7) is 5.66. The Balaban J connectivity index is 2.34. The minimum atomic E-state index is -0.547. The van der Waals surface area contributed by atoms with Gasteiger partial charge in [-0.25, -0.2) is 0 Å². The third-order valence-corrected chi connectivity index (χ3v) is 2.74. The Hall–Kier alpha value is -1.40. The van der Waals surface area contributed by atoms with Crippen molar-refractivity contribution in [2.45, 2.75) is 33.2 Å². The van der Waals surface area contributed by atoms with Crippen LogP contribution in [0.1, 0.15) is 32.4 Å². The number of hydrogen-bond donors (Lipinski definition) is 2. The van der Waals surface area contributed by atoms with E-state index in [1.165, 1.54) is 6.07 Å². The van der Waals surface area contributed by atoms with E-state index in [-0.39, 0.29) is 17.9 Å². The number of nitrogens with one attached hydrogen (secondary N) is 1. The van der Waals surface area contributed by atoms with Crippen molar-refractivity contribution in [3.8, 4) is 0 Å². The topological polar surface area (TPSA) is 88.5 Å². The van der Waals surface area contributed by atoms with E-state index in [4.69, 9.17) is 9.52 Å². The summed E-state index contributed by atoms with van der Waals surface area (Å²) in [5, 5.41) is 22.4. The van der Waals surface area contributed by atoms with Crippen LogP contribution in [0.3, 0.4) is 0 Å². The maximum atomic E-state index is 10.4. The second-order valence-electron chi connectivity index (χ2n) is 5.09. The summed E-state index contributed by atoms with van der Waals surface area (Å²) in [5.41, 5.74) is 0.0846. The molecule has 1 rings (SSSR count). The Morgan fingerprint density at radius 3 is 2.78 bits per heavy atom. The lowest BCUT2D eigenvalue weighted by atomic mass is 9.88. The minimum absolute atomic E-state index is 0.0846. The number of aliphatic hydroxyl groups excluding tert-OH is 1. The van der Waals surface area contributed by atoms with E-state index in [1.54, 1.807) is 6.07 Å². The van der Waals surface area contributed by atoms with Crippen LogP contribution in [0.25, 0.3) is 0 Å². The molecule has 6 nitrogen and oxygen atoms in total. The Kier molecular flexibility index (Phi) is 5.30. The molecule has 0 aromatic carbocycles. The molecular weight excluding hydrogens is 236 g/mol. The second kappa shape index (κ2) is 6.51. The van der Waals surface area contributed by atoms with Gasteiger partial charge in [0.1, 0.15) is 10.7 Å². The lowest BCUT2D eigenvalue weighted by molar-refractivity contribution is -0.402. The fourth-order valence-electron chi connectivity index (χ4n) is 1.73. The van der Waals surface area contributed by atoms with Gasteiger partial charge in [0.25, 0.3) is 0 Å². The summed E-state index contributed by atoms with van der Waals surface area (Å²) >= 11 is 0. The van der Waals surface area contributed by atoms with Gasteiger partial charge in [0.05, 0.1) is 12.6 Å². The zero-order chi connectivity index (χ0) is 13.6. The zero-order valence-electron chi connectivity index (χ0n) is 10.8. The first-order valence-corrected chi connectivity index (χ1v) is 5.99. The second-order valence-corrected chi connectivity index (χ2v) is 5.09. The van der Waals surface area contributed by atoms with Gasteiger partial charge in [-0.3, -0.25) is 10.1 Å². The molecular formula is C12H20N2O4. The molecule has 6 heteroatoms. The molecule has 0 saturated carbocycles. The lowest BCUT2D eigenvalue weighted by Gasteiger charge is -2.24. The molecule has 0 radical (unpaired) electrons. The smallest absolute Gasteiger partial charge is 0.404 e. The van der Waals surface area contributed by atoms with E-state index in [2.05, 4.69) is 19.2 Å². The zero-order valence-corrected chi connectivity index (χ0v) is 10.8. The van der Waals surface area contributed by atoms with Crippen LogP contribution in [-0.2, 0) is 6.54 Å². The Labute approximate surface area is 106 Å². The van der Waals surface area contributed by atoms with Gasteiger partial charge in [-0.05, 0) is 24.3 Å². The summed E-state index contributed by atoms with van der Waals surface area (Å²) in [6.07, 6.45) is 1.70. The van der Waals surface area contributed by atoms with Crippen LogP contribution in [0.4, 0.5) is 5.88 Å². The Morgan fingerprint density at radius 2 is 2.22 bits per heavy atom. The molecule has 2 N–H and O–H groups in total. The number of nitrogens with zero attached hydrogens (tertiary/aromatic N) is 1. The highest BCUT2D eigenvalue weighted by atomic mass is 16.6. The van der Waals surface area contributed by atoms with Gasteiger partial charge in [0, 0.05) is 13.2 Å². The van der Waals surface area contributed by atoms with Gasteiger partial charge in [-0.15, -0.1) is 0 Å². The van der Waals surface area contributed by atoms with Crippen molar-refractivity contribution < 1.29 is 14.4 Å². The number of aliphatic hydroxyl groups is 1. The van der Waals surface area contributed by atoms with Crippen LogP contribution in [0.15, 0.2) is 16.5 Å². The molecule has 0 aliphatic carbocycles. The highest BCUT2D eigenvalue weighted by Gasteiger charge is 2.17. The maximum Gasteiger partial charge on any atom is 0.433 e. The lowest BCUT2D eigenvalue weighted by Crippen LogP contribution is -2.29. The average Bonchev–Trinajstić information content (AvgIpc) is 2.75. The fraction of sp³-hybridized carbons (Fsp3) is 0.667. The van der Waals surface area contributed by atoms with E-state index < -0.39 is 4.92 Å². The van der Waals surface area contributed by atoms with E-state index in [0.29, 0.717) is 12.3 Å². The Morgan fingerprint density at radius 1 is 1.50 bits per heavy atom. The Bertz CT molecular complexity index is 387. The van der Waals surface area contributed by atoms with Crippen LogP contribution in [0.2, 0.25) is 0 Å². The largest absolute Gasteiger partial charge is 0.433 e. The van der Waals surface area contributed by atoms with Gasteiger partial charge in [0.15, 0.2) is 0 Å². The third kappa shape index (κ3) is 4.85. The molecule has 0 amide bonds. The van der Waals surface area contributed by atoms with Crippen LogP contribution >= 0.6 is 0 Å². The standard InChI is InChI=1S/C12H20N2O4/c1-12(2,6-3-7-15)9-13-8-10-4-5-11(18-10)14(16)17/h4-5,13,15H,3,6-9H2,1-2H3. The summed E-state index contributed by atoms with van der Waals surface area (Å²) < 4.78 is 5.04. The number of furan rings is 1. The molecule has 102 valence electrons. The summed E-state index contributed by atoms with van der Waals surface area (Å²) in [4.78, 5) is 9.89. The van der Waals surface area contributed by atoms with E-state index >= 15 is 0 Å². The van der Waals surface area contributed by atoms with Gasteiger partial charge in [0.2, 0.25) is 0 Å². The monoisotopic (exact) mass is 256 g/mol. The molecule has 0 bridgehead atoms. The SMILES string of the molecule is CC(C)(CCCO)CNCc1ccc([N+](=O)[O-])o1. The fourth-order valence-corrected chi connectivity index (χ4v) is 1.73. The number of rotatable bonds is 8. The van der Waals surface area contributed by atoms with E-state index in [1.807, 2.05) is 0 Å². The molecule has 0 spiro atoms. The summed E-state index contributed by atoms with van der Waals surface area (Å²) in [5.74, 6) is 0.325. The summed E-state index contributed by atoms with van der Waals surface area (Å²) in [7, 11) is 0. The normalized spacial score (nSPS) is 11.7. The first-order valence-electron chi connectivity index (χ1n) is 5.99. The van der Waals surface area contributed by atoms with Crippen molar-refractivity contribution in [1.29, 1.82) is 0 Å². The molecule has 0 unspecified atom stereocenters. The molecule has 0 saturated heterocycles. The van der Waals surface area contributed by atoms with Crippen molar-refractivity contribution in [2.75, 3.05) is 13.2 Å². The molecule has 0 fully saturated rings. The first kappa shape index (κ1) is 14.7. The number of hydrogen-bond acceptors (Lipinski definition) is 5. The average molecular weight is 256 g/mol. The molecule has 1 aromatic heterocycles. The van der Waals surface area contributed by atoms with Crippen molar-refractivity contribution >= 4 is 5.88 Å². The molecule has 1 aromatic rings. The quantitative estimate of drug-likeness (QED) is 0.549. The van der Waals surface area contributed by atoms with Gasteiger partial charge in [-0.1, -0.05) is 13.8 Å². The van der Waals surface area contributed by atoms with Crippen molar-refractivity contribution in [2.24, 2.45) is 5.41 Å². The van der Waals surface area contributed by atoms with Gasteiger partial charge < -0.3 is 14.8 Å². The van der Waals surface area contributed by atoms with Crippen LogP contribution in [0.5, 0.6) is 0 Å². The molecule has 0 atom stereocenters. The maximum absolute atomic E-state index is 10.4. The van der Waals surface area contributed by atoms with Gasteiger partial charge >= 0.3 is 5.88 Å². The predicted molar refractivity (Wildman–Crippen MR) is 67.2 cm³/mol. The highest BCUT2D eigenvalue weighted by Crippen LogP contribution is 2.21. The minimum Gasteiger partial charge on any atom is -0.404 e. The molecule has 1 heterocycles. The highest BCUT2D eigenvalue weighted by molar-refractivity contribution is 5.17. The van der Waals surface area contributed by atoms with E-state index in [0.717, 1.165) is 19.4 Å². The summed E-state index contributed by atoms with van der Waals surface area (Å²) in [6, 6.07) is 2.96. The predicted octanol–water partition coefficient (Wildman–Crippen LogP) is 2.08. The van der Waals surface area contributed by atoms with Crippen molar-refractivity contribution in [3.05, 3.63) is 28.0 Å². The van der Waals surface area contributed by atoms with Crippen molar-refractivity contribution in [1.82, 2.24) is 5.32 Å². The van der Waals surface area contributed by atoms with Crippen LogP contribution in [-0.4, -0.2) is 23.2 Å². The molecule has 0 aliphatic rings. The third-order valence-electron chi connectivity index (χ3n) is 2.74. The van der Waals surface area contributed by atoms with Crippen molar-refractivity contribution in [3.63, 3.8) is 0 Å². The van der Waals surface area contributed by atoms with Gasteiger partial charge in [-0.2, -0.15) is 0 Å². The van der Waals surface area contributed by atoms with Crippen LogP contribution in [0, 0.1) is 15.5 Å². The first-order chi connectivity index (χ1) is 8.44. The van der Waals surface area contributed by atoms with Crippen LogP contribution < -0.4 is 5.32 Å². The molecule has 18 heavy (non-hydrogen) atoms. The molecule has 0 aliphatic heterocycles.